The van der Waals surface area contributed by atoms with E-state index in [-0.39, 0.29) is 17.9 Å². The molecule has 1 unspecified atom stereocenters. The number of carbonyl (C=O) groups is 1. The quantitative estimate of drug-likeness (QED) is 0.702. The zero-order valence-corrected chi connectivity index (χ0v) is 13.3. The minimum atomic E-state index is -0.588. The molecule has 1 atom stereocenters. The van der Waals surface area contributed by atoms with Gasteiger partial charge in [0.2, 0.25) is 0 Å². The van der Waals surface area contributed by atoms with Crippen LogP contribution in [0.5, 0.6) is 5.75 Å². The summed E-state index contributed by atoms with van der Waals surface area (Å²) >= 11 is 0. The summed E-state index contributed by atoms with van der Waals surface area (Å²) in [4.78, 5) is 12.2. The number of aliphatic hydroxyl groups is 1. The van der Waals surface area contributed by atoms with Gasteiger partial charge in [-0.1, -0.05) is 26.8 Å². The highest BCUT2D eigenvalue weighted by Gasteiger charge is 2.20. The highest BCUT2D eigenvalue weighted by atomic mass is 16.5. The largest absolute Gasteiger partial charge is 0.493 e. The molecule has 21 heavy (non-hydrogen) atoms. The maximum Gasteiger partial charge on any atom is 0.257 e. The van der Waals surface area contributed by atoms with E-state index >= 15 is 0 Å². The Bertz CT molecular complexity index is 481. The smallest absolute Gasteiger partial charge is 0.257 e. The first-order chi connectivity index (χ1) is 9.74. The van der Waals surface area contributed by atoms with Gasteiger partial charge in [0, 0.05) is 12.2 Å². The number of carbonyl (C=O) groups excluding carboxylic acids is 1. The molecule has 0 spiro atoms. The van der Waals surface area contributed by atoms with Crippen molar-refractivity contribution in [2.24, 2.45) is 5.41 Å². The molecule has 5 heteroatoms. The van der Waals surface area contributed by atoms with Crippen molar-refractivity contribution in [2.45, 2.75) is 40.2 Å². The lowest BCUT2D eigenvalue weighted by Crippen LogP contribution is -2.34. The van der Waals surface area contributed by atoms with Crippen molar-refractivity contribution in [2.75, 3.05) is 18.9 Å². The van der Waals surface area contributed by atoms with Crippen LogP contribution in [0, 0.1) is 5.41 Å². The molecular formula is C16H26N2O3. The lowest BCUT2D eigenvalue weighted by Gasteiger charge is -2.22. The standard InChI is InChI=1S/C16H26N2O3/c1-5-21-13-8-6-7-12(17)14(13)15(20)18-10-11(19)9-16(2,3)4/h6-8,11,19H,5,9-10,17H2,1-4H3,(H,18,20). The van der Waals surface area contributed by atoms with Gasteiger partial charge < -0.3 is 20.9 Å². The minimum Gasteiger partial charge on any atom is -0.493 e. The minimum absolute atomic E-state index is 0.00635. The van der Waals surface area contributed by atoms with Crippen LogP contribution in [-0.4, -0.2) is 30.3 Å². The first kappa shape index (κ1) is 17.3. The molecule has 0 radical (unpaired) electrons. The van der Waals surface area contributed by atoms with E-state index in [1.165, 1.54) is 0 Å². The highest BCUT2D eigenvalue weighted by Crippen LogP contribution is 2.24. The number of nitrogen functional groups attached to an aromatic ring is 1. The first-order valence-corrected chi connectivity index (χ1v) is 7.22. The predicted octanol–water partition coefficient (Wildman–Crippen LogP) is 2.19. The second-order valence-electron chi connectivity index (χ2n) is 6.28. The number of nitrogens with two attached hydrogens (primary N) is 1. The van der Waals surface area contributed by atoms with Crippen LogP contribution in [0.25, 0.3) is 0 Å². The molecule has 5 nitrogen and oxygen atoms in total. The molecule has 1 aromatic carbocycles. The average Bonchev–Trinajstić information content (AvgIpc) is 2.34. The van der Waals surface area contributed by atoms with Gasteiger partial charge in [0.1, 0.15) is 11.3 Å². The van der Waals surface area contributed by atoms with Crippen LogP contribution < -0.4 is 15.8 Å². The van der Waals surface area contributed by atoms with E-state index in [2.05, 4.69) is 5.32 Å². The van der Waals surface area contributed by atoms with Gasteiger partial charge in [-0.3, -0.25) is 4.79 Å². The Kier molecular flexibility index (Phi) is 6.03. The number of benzene rings is 1. The van der Waals surface area contributed by atoms with Crippen LogP contribution >= 0.6 is 0 Å². The van der Waals surface area contributed by atoms with E-state index in [0.29, 0.717) is 30.0 Å². The fourth-order valence-corrected chi connectivity index (χ4v) is 2.14. The van der Waals surface area contributed by atoms with Crippen LogP contribution in [-0.2, 0) is 0 Å². The first-order valence-electron chi connectivity index (χ1n) is 7.22. The number of amides is 1. The zero-order chi connectivity index (χ0) is 16.0. The molecule has 1 rings (SSSR count). The number of hydrogen-bond donors (Lipinski definition) is 3. The topological polar surface area (TPSA) is 84.6 Å². The van der Waals surface area contributed by atoms with Crippen molar-refractivity contribution in [1.29, 1.82) is 0 Å². The molecule has 0 aliphatic heterocycles. The molecule has 0 bridgehead atoms. The normalized spacial score (nSPS) is 12.8. The predicted molar refractivity (Wildman–Crippen MR) is 84.4 cm³/mol. The molecule has 1 aromatic rings. The van der Waals surface area contributed by atoms with Crippen LogP contribution in [0.4, 0.5) is 5.69 Å². The van der Waals surface area contributed by atoms with E-state index < -0.39 is 6.10 Å². The van der Waals surface area contributed by atoms with Crippen molar-refractivity contribution in [1.82, 2.24) is 5.32 Å². The lowest BCUT2D eigenvalue weighted by atomic mass is 9.89. The molecular weight excluding hydrogens is 268 g/mol. The maximum atomic E-state index is 12.2. The number of ether oxygens (including phenoxy) is 1. The van der Waals surface area contributed by atoms with Gasteiger partial charge in [-0.05, 0) is 30.9 Å². The molecule has 0 fully saturated rings. The highest BCUT2D eigenvalue weighted by molar-refractivity contribution is 6.01. The van der Waals surface area contributed by atoms with Crippen LogP contribution in [0.3, 0.4) is 0 Å². The second-order valence-corrected chi connectivity index (χ2v) is 6.28. The molecule has 0 aromatic heterocycles. The Morgan fingerprint density at radius 2 is 2.10 bits per heavy atom. The SMILES string of the molecule is CCOc1cccc(N)c1C(=O)NCC(O)CC(C)(C)C. The van der Waals surface area contributed by atoms with Crippen molar-refractivity contribution >= 4 is 11.6 Å². The number of nitrogens with one attached hydrogen (secondary N) is 1. The Hall–Kier alpha value is -1.75. The van der Waals surface area contributed by atoms with Crippen molar-refractivity contribution in [3.05, 3.63) is 23.8 Å². The Labute approximate surface area is 126 Å². The van der Waals surface area contributed by atoms with Gasteiger partial charge in [0.05, 0.1) is 12.7 Å². The molecule has 4 N–H and O–H groups in total. The number of anilines is 1. The van der Waals surface area contributed by atoms with E-state index in [1.807, 2.05) is 27.7 Å². The van der Waals surface area contributed by atoms with E-state index in [0.717, 1.165) is 0 Å². The summed E-state index contributed by atoms with van der Waals surface area (Å²) in [5, 5.41) is 12.7. The van der Waals surface area contributed by atoms with E-state index in [4.69, 9.17) is 10.5 Å². The summed E-state index contributed by atoms with van der Waals surface area (Å²) in [6.45, 7) is 8.62. The number of aliphatic hydroxyl groups excluding tert-OH is 1. The van der Waals surface area contributed by atoms with Crippen molar-refractivity contribution in [3.8, 4) is 5.75 Å². The van der Waals surface area contributed by atoms with Gasteiger partial charge in [0.15, 0.2) is 0 Å². The molecule has 0 aliphatic rings. The van der Waals surface area contributed by atoms with Gasteiger partial charge in [-0.25, -0.2) is 0 Å². The van der Waals surface area contributed by atoms with Crippen LogP contribution in [0.1, 0.15) is 44.5 Å². The Balaban J connectivity index is 2.72. The summed E-state index contributed by atoms with van der Waals surface area (Å²) in [5.41, 5.74) is 6.55. The van der Waals surface area contributed by atoms with Crippen molar-refractivity contribution < 1.29 is 14.6 Å². The van der Waals surface area contributed by atoms with Crippen LogP contribution in [0.2, 0.25) is 0 Å². The fourth-order valence-electron chi connectivity index (χ4n) is 2.14. The van der Waals surface area contributed by atoms with Gasteiger partial charge in [-0.15, -0.1) is 0 Å². The third kappa shape index (κ3) is 5.63. The molecule has 118 valence electrons. The zero-order valence-electron chi connectivity index (χ0n) is 13.3. The second kappa shape index (κ2) is 7.31. The monoisotopic (exact) mass is 294 g/mol. The molecule has 0 aliphatic carbocycles. The molecule has 1 amide bonds. The summed E-state index contributed by atoms with van der Waals surface area (Å²) in [7, 11) is 0. The van der Waals surface area contributed by atoms with Gasteiger partial charge in [0.25, 0.3) is 5.91 Å². The molecule has 0 saturated heterocycles. The summed E-state index contributed by atoms with van der Waals surface area (Å²) < 4.78 is 5.42. The summed E-state index contributed by atoms with van der Waals surface area (Å²) in [6.07, 6.45) is 0.0185. The third-order valence-electron chi connectivity index (χ3n) is 2.93. The third-order valence-corrected chi connectivity index (χ3v) is 2.93. The molecule has 0 heterocycles. The Morgan fingerprint density at radius 3 is 2.67 bits per heavy atom. The van der Waals surface area contributed by atoms with E-state index in [1.54, 1.807) is 18.2 Å². The summed E-state index contributed by atoms with van der Waals surface area (Å²) in [6, 6.07) is 5.11. The summed E-state index contributed by atoms with van der Waals surface area (Å²) in [5.74, 6) is 0.129. The maximum absolute atomic E-state index is 12.2. The average molecular weight is 294 g/mol. The van der Waals surface area contributed by atoms with Gasteiger partial charge in [-0.2, -0.15) is 0 Å². The fraction of sp³-hybridized carbons (Fsp3) is 0.562. The number of hydrogen-bond acceptors (Lipinski definition) is 4. The lowest BCUT2D eigenvalue weighted by molar-refractivity contribution is 0.0866. The number of rotatable bonds is 6. The van der Waals surface area contributed by atoms with Crippen LogP contribution in [0.15, 0.2) is 18.2 Å². The van der Waals surface area contributed by atoms with Crippen molar-refractivity contribution in [3.63, 3.8) is 0 Å². The Morgan fingerprint density at radius 1 is 1.43 bits per heavy atom. The molecule has 0 saturated carbocycles. The van der Waals surface area contributed by atoms with E-state index in [9.17, 15) is 9.90 Å². The van der Waals surface area contributed by atoms with Gasteiger partial charge >= 0.3 is 0 Å².